The fourth-order valence-corrected chi connectivity index (χ4v) is 5.95. The van der Waals surface area contributed by atoms with E-state index in [2.05, 4.69) is 5.32 Å². The Morgan fingerprint density at radius 3 is 2.72 bits per heavy atom. The fourth-order valence-electron chi connectivity index (χ4n) is 3.17. The number of halogens is 3. The van der Waals surface area contributed by atoms with Crippen LogP contribution in [0, 0.1) is 0 Å². The molecule has 1 amide bonds. The summed E-state index contributed by atoms with van der Waals surface area (Å²) in [4.78, 5) is 12.5. The van der Waals surface area contributed by atoms with Crippen molar-refractivity contribution in [3.05, 3.63) is 52.9 Å². The summed E-state index contributed by atoms with van der Waals surface area (Å²) in [5, 5.41) is 14.3. The Bertz CT molecular complexity index is 962. The maximum Gasteiger partial charge on any atom is 0.416 e. The molecule has 1 aliphatic heterocycles. The normalized spacial score (nSPS) is 19.2. The molecule has 11 heteroatoms. The average Bonchev–Trinajstić information content (AvgIpc) is 3.37. The van der Waals surface area contributed by atoms with Crippen LogP contribution >= 0.6 is 11.3 Å². The van der Waals surface area contributed by atoms with E-state index in [4.69, 9.17) is 0 Å². The molecule has 1 aromatic heterocycles. The van der Waals surface area contributed by atoms with Crippen LogP contribution in [0.4, 0.5) is 13.2 Å². The number of aliphatic hydroxyl groups is 1. The number of aliphatic hydroxyl groups excluding tert-OH is 1. The molecule has 0 radical (unpaired) electrons. The standard InChI is InChI=1S/C18H19F3N2O4S2/c19-18(20,21)13-5-1-4-12(10-13)15(24)11-22-17(25)14-6-2-8-23(14)29(26,27)16-7-3-9-28-16/h1,3-5,7,9-10,14-15,24H,2,6,8,11H2,(H,22,25). The summed E-state index contributed by atoms with van der Waals surface area (Å²) in [6, 6.07) is 6.36. The van der Waals surface area contributed by atoms with Gasteiger partial charge in [-0.05, 0) is 42.0 Å². The monoisotopic (exact) mass is 448 g/mol. The van der Waals surface area contributed by atoms with Gasteiger partial charge in [-0.1, -0.05) is 18.2 Å². The first-order chi connectivity index (χ1) is 13.6. The molecule has 1 fully saturated rings. The topological polar surface area (TPSA) is 86.7 Å². The fraction of sp³-hybridized carbons (Fsp3) is 0.389. The van der Waals surface area contributed by atoms with E-state index >= 15 is 0 Å². The van der Waals surface area contributed by atoms with Crippen LogP contribution in [0.3, 0.4) is 0 Å². The van der Waals surface area contributed by atoms with Gasteiger partial charge in [0, 0.05) is 13.1 Å². The molecule has 2 heterocycles. The van der Waals surface area contributed by atoms with E-state index in [1.54, 1.807) is 11.4 Å². The first kappa shape index (κ1) is 21.8. The lowest BCUT2D eigenvalue weighted by atomic mass is 10.1. The molecule has 2 unspecified atom stereocenters. The second-order valence-electron chi connectivity index (χ2n) is 6.59. The largest absolute Gasteiger partial charge is 0.416 e. The lowest BCUT2D eigenvalue weighted by Gasteiger charge is -2.23. The molecule has 1 aromatic carbocycles. The minimum atomic E-state index is -4.54. The third-order valence-electron chi connectivity index (χ3n) is 4.63. The highest BCUT2D eigenvalue weighted by molar-refractivity contribution is 7.91. The maximum atomic E-state index is 12.8. The molecule has 3 rings (SSSR count). The van der Waals surface area contributed by atoms with E-state index in [0.29, 0.717) is 12.8 Å². The number of alkyl halides is 3. The van der Waals surface area contributed by atoms with Crippen LogP contribution in [-0.4, -0.2) is 42.9 Å². The Hall–Kier alpha value is -1.95. The molecule has 2 N–H and O–H groups in total. The molecule has 1 aliphatic rings. The van der Waals surface area contributed by atoms with Crippen molar-refractivity contribution >= 4 is 27.3 Å². The number of benzene rings is 1. The lowest BCUT2D eigenvalue weighted by molar-refractivity contribution is -0.137. The van der Waals surface area contributed by atoms with Crippen LogP contribution in [-0.2, 0) is 21.0 Å². The Balaban J connectivity index is 1.66. The zero-order valence-electron chi connectivity index (χ0n) is 15.1. The maximum absolute atomic E-state index is 12.8. The van der Waals surface area contributed by atoms with Crippen LogP contribution in [0.25, 0.3) is 0 Å². The Kier molecular flexibility index (Phi) is 6.32. The van der Waals surface area contributed by atoms with Crippen LogP contribution in [0.1, 0.15) is 30.1 Å². The molecule has 158 valence electrons. The number of rotatable bonds is 6. The molecule has 2 aromatic rings. The smallest absolute Gasteiger partial charge is 0.387 e. The average molecular weight is 448 g/mol. The lowest BCUT2D eigenvalue weighted by Crippen LogP contribution is -2.46. The van der Waals surface area contributed by atoms with E-state index in [-0.39, 0.29) is 22.9 Å². The van der Waals surface area contributed by atoms with Crippen molar-refractivity contribution in [1.29, 1.82) is 0 Å². The Morgan fingerprint density at radius 2 is 2.07 bits per heavy atom. The number of nitrogens with one attached hydrogen (secondary N) is 1. The third kappa shape index (κ3) is 4.80. The molecular formula is C18H19F3N2O4S2. The summed E-state index contributed by atoms with van der Waals surface area (Å²) in [7, 11) is -3.80. The van der Waals surface area contributed by atoms with Crippen molar-refractivity contribution < 1.29 is 31.5 Å². The molecular weight excluding hydrogens is 429 g/mol. The highest BCUT2D eigenvalue weighted by Crippen LogP contribution is 2.31. The molecule has 29 heavy (non-hydrogen) atoms. The Labute approximate surface area is 170 Å². The zero-order valence-corrected chi connectivity index (χ0v) is 16.7. The van der Waals surface area contributed by atoms with E-state index in [0.717, 1.165) is 27.8 Å². The highest BCUT2D eigenvalue weighted by Gasteiger charge is 2.40. The molecule has 1 saturated heterocycles. The van der Waals surface area contributed by atoms with Gasteiger partial charge in [0.25, 0.3) is 10.0 Å². The second-order valence-corrected chi connectivity index (χ2v) is 9.66. The minimum Gasteiger partial charge on any atom is -0.387 e. The number of carbonyl (C=O) groups is 1. The zero-order chi connectivity index (χ0) is 21.2. The van der Waals surface area contributed by atoms with Crippen LogP contribution in [0.15, 0.2) is 46.0 Å². The van der Waals surface area contributed by atoms with Crippen molar-refractivity contribution in [2.75, 3.05) is 13.1 Å². The van der Waals surface area contributed by atoms with Gasteiger partial charge in [0.05, 0.1) is 11.7 Å². The van der Waals surface area contributed by atoms with E-state index in [9.17, 15) is 31.5 Å². The van der Waals surface area contributed by atoms with Crippen molar-refractivity contribution in [2.24, 2.45) is 0 Å². The van der Waals surface area contributed by atoms with Gasteiger partial charge in [-0.15, -0.1) is 11.3 Å². The van der Waals surface area contributed by atoms with Gasteiger partial charge in [-0.2, -0.15) is 17.5 Å². The first-order valence-corrected chi connectivity index (χ1v) is 11.1. The van der Waals surface area contributed by atoms with Crippen LogP contribution in [0.2, 0.25) is 0 Å². The summed E-state index contributed by atoms with van der Waals surface area (Å²) in [6.45, 7) is -0.127. The van der Waals surface area contributed by atoms with E-state index in [1.165, 1.54) is 18.2 Å². The number of hydrogen-bond acceptors (Lipinski definition) is 5. The summed E-state index contributed by atoms with van der Waals surface area (Å²) < 4.78 is 65.1. The quantitative estimate of drug-likeness (QED) is 0.712. The Morgan fingerprint density at radius 1 is 1.31 bits per heavy atom. The SMILES string of the molecule is O=C(NCC(O)c1cccc(C(F)(F)F)c1)C1CCCN1S(=O)(=O)c1cccs1. The molecule has 2 atom stereocenters. The van der Waals surface area contributed by atoms with Crippen molar-refractivity contribution in [1.82, 2.24) is 9.62 Å². The van der Waals surface area contributed by atoms with E-state index in [1.807, 2.05) is 0 Å². The van der Waals surface area contributed by atoms with E-state index < -0.39 is 39.8 Å². The van der Waals surface area contributed by atoms with Gasteiger partial charge in [0.1, 0.15) is 10.3 Å². The van der Waals surface area contributed by atoms with Gasteiger partial charge in [0.15, 0.2) is 0 Å². The molecule has 0 bridgehead atoms. The summed E-state index contributed by atoms with van der Waals surface area (Å²) in [5.41, 5.74) is -0.890. The van der Waals surface area contributed by atoms with Gasteiger partial charge >= 0.3 is 6.18 Å². The van der Waals surface area contributed by atoms with Crippen molar-refractivity contribution in [3.63, 3.8) is 0 Å². The highest BCUT2D eigenvalue weighted by atomic mass is 32.2. The molecule has 0 saturated carbocycles. The van der Waals surface area contributed by atoms with Crippen molar-refractivity contribution in [2.45, 2.75) is 35.4 Å². The number of sulfonamides is 1. The number of amides is 1. The van der Waals surface area contributed by atoms with Gasteiger partial charge in [-0.3, -0.25) is 4.79 Å². The number of nitrogens with zero attached hydrogens (tertiary/aromatic N) is 1. The minimum absolute atomic E-state index is 0.00890. The number of carbonyl (C=O) groups excluding carboxylic acids is 1. The van der Waals surface area contributed by atoms with Crippen LogP contribution < -0.4 is 5.32 Å². The summed E-state index contributed by atoms with van der Waals surface area (Å²) in [6.07, 6.45) is -5.06. The first-order valence-electron chi connectivity index (χ1n) is 8.79. The number of thiophene rings is 1. The predicted molar refractivity (Wildman–Crippen MR) is 101 cm³/mol. The molecule has 0 aliphatic carbocycles. The number of hydrogen-bond donors (Lipinski definition) is 2. The molecule has 6 nitrogen and oxygen atoms in total. The van der Waals surface area contributed by atoms with Crippen LogP contribution in [0.5, 0.6) is 0 Å². The summed E-state index contributed by atoms with van der Waals surface area (Å²) in [5.74, 6) is -0.589. The second kappa shape index (κ2) is 8.42. The molecule has 0 spiro atoms. The predicted octanol–water partition coefficient (Wildman–Crippen LogP) is 2.77. The summed E-state index contributed by atoms with van der Waals surface area (Å²) >= 11 is 1.06. The van der Waals surface area contributed by atoms with Gasteiger partial charge < -0.3 is 10.4 Å². The van der Waals surface area contributed by atoms with Gasteiger partial charge in [-0.25, -0.2) is 8.42 Å². The van der Waals surface area contributed by atoms with Gasteiger partial charge in [0.2, 0.25) is 5.91 Å². The third-order valence-corrected chi connectivity index (χ3v) is 7.91. The van der Waals surface area contributed by atoms with Crippen molar-refractivity contribution in [3.8, 4) is 0 Å².